The van der Waals surface area contributed by atoms with Gasteiger partial charge in [-0.15, -0.1) is 0 Å². The van der Waals surface area contributed by atoms with Gasteiger partial charge in [0.15, 0.2) is 0 Å². The molecule has 0 amide bonds. The fourth-order valence-corrected chi connectivity index (χ4v) is 2.20. The number of halogens is 1. The molecule has 4 nitrogen and oxygen atoms in total. The lowest BCUT2D eigenvalue weighted by atomic mass is 10.0. The molecule has 1 aromatic carbocycles. The summed E-state index contributed by atoms with van der Waals surface area (Å²) in [5.74, 6) is 0.321. The Morgan fingerprint density at radius 2 is 2.00 bits per heavy atom. The second-order valence-electron chi connectivity index (χ2n) is 4.42. The summed E-state index contributed by atoms with van der Waals surface area (Å²) in [6, 6.07) is 10.2. The Hall–Kier alpha value is -2.43. The van der Waals surface area contributed by atoms with Crippen molar-refractivity contribution in [3.63, 3.8) is 0 Å². The van der Waals surface area contributed by atoms with Gasteiger partial charge >= 0.3 is 0 Å². The maximum atomic E-state index is 13.0. The molecule has 19 heavy (non-hydrogen) atoms. The Balaban J connectivity index is 1.95. The number of amidine groups is 1. The van der Waals surface area contributed by atoms with Crippen molar-refractivity contribution in [3.8, 4) is 0 Å². The summed E-state index contributed by atoms with van der Waals surface area (Å²) in [6.45, 7) is 0. The highest BCUT2D eigenvalue weighted by molar-refractivity contribution is 5.85. The van der Waals surface area contributed by atoms with Crippen LogP contribution in [-0.2, 0) is 0 Å². The van der Waals surface area contributed by atoms with Gasteiger partial charge in [-0.3, -0.25) is 9.99 Å². The van der Waals surface area contributed by atoms with Gasteiger partial charge in [-0.05, 0) is 29.8 Å². The summed E-state index contributed by atoms with van der Waals surface area (Å²) in [7, 11) is 0. The van der Waals surface area contributed by atoms with E-state index in [1.807, 2.05) is 17.1 Å². The van der Waals surface area contributed by atoms with E-state index in [4.69, 9.17) is 5.73 Å². The smallest absolute Gasteiger partial charge is 0.123 e. The van der Waals surface area contributed by atoms with Crippen molar-refractivity contribution in [1.29, 1.82) is 0 Å². The minimum atomic E-state index is -0.247. The number of rotatable bonds is 2. The van der Waals surface area contributed by atoms with Crippen LogP contribution in [0.4, 0.5) is 10.1 Å². The van der Waals surface area contributed by atoms with Crippen molar-refractivity contribution >= 4 is 11.5 Å². The fourth-order valence-electron chi connectivity index (χ4n) is 2.20. The third-order valence-corrected chi connectivity index (χ3v) is 3.10. The summed E-state index contributed by atoms with van der Waals surface area (Å²) in [4.78, 5) is 4.08. The number of nitrogens with two attached hydrogens (primary N) is 1. The van der Waals surface area contributed by atoms with Crippen LogP contribution in [0.25, 0.3) is 0 Å². The molecule has 0 spiro atoms. The zero-order valence-corrected chi connectivity index (χ0v) is 10.2. The van der Waals surface area contributed by atoms with E-state index in [2.05, 4.69) is 10.1 Å². The summed E-state index contributed by atoms with van der Waals surface area (Å²) in [6.07, 6.45) is 4.07. The van der Waals surface area contributed by atoms with Crippen LogP contribution in [0.2, 0.25) is 0 Å². The highest BCUT2D eigenvalue weighted by Gasteiger charge is 2.27. The van der Waals surface area contributed by atoms with Crippen molar-refractivity contribution in [2.75, 3.05) is 5.01 Å². The van der Waals surface area contributed by atoms with Crippen LogP contribution in [0.3, 0.4) is 0 Å². The molecule has 0 aliphatic carbocycles. The normalized spacial score (nSPS) is 18.5. The number of benzene rings is 1. The Morgan fingerprint density at radius 3 is 2.68 bits per heavy atom. The fraction of sp³-hybridized carbons (Fsp3) is 0.143. The molecule has 2 heterocycles. The number of aromatic nitrogens is 1. The molecule has 0 bridgehead atoms. The first-order valence-electron chi connectivity index (χ1n) is 6.02. The minimum Gasteiger partial charge on any atom is -0.386 e. The molecular weight excluding hydrogens is 243 g/mol. The van der Waals surface area contributed by atoms with E-state index in [1.165, 1.54) is 12.1 Å². The molecule has 1 atom stereocenters. The van der Waals surface area contributed by atoms with Crippen LogP contribution < -0.4 is 10.7 Å². The summed E-state index contributed by atoms with van der Waals surface area (Å²) >= 11 is 0. The maximum absolute atomic E-state index is 13.0. The summed E-state index contributed by atoms with van der Waals surface area (Å²) < 4.78 is 13.0. The van der Waals surface area contributed by atoms with E-state index in [-0.39, 0.29) is 11.9 Å². The number of hydrogen-bond acceptors (Lipinski definition) is 4. The van der Waals surface area contributed by atoms with E-state index in [0.29, 0.717) is 12.3 Å². The second kappa shape index (κ2) is 4.68. The molecule has 0 radical (unpaired) electrons. The van der Waals surface area contributed by atoms with E-state index < -0.39 is 0 Å². The van der Waals surface area contributed by atoms with Crippen molar-refractivity contribution in [2.45, 2.75) is 12.5 Å². The Labute approximate surface area is 110 Å². The molecule has 0 fully saturated rings. The molecule has 3 rings (SSSR count). The third kappa shape index (κ3) is 2.27. The molecular formula is C14H13FN4. The molecule has 2 N–H and O–H groups in total. The first-order chi connectivity index (χ1) is 9.24. The molecule has 2 aromatic rings. The van der Waals surface area contributed by atoms with E-state index in [9.17, 15) is 4.39 Å². The molecule has 1 aliphatic heterocycles. The standard InChI is InChI=1S/C14H13FN4/c15-11-5-3-10(4-6-11)13-8-14(16)18-19(13)12-2-1-7-17-9-12/h1-7,9,13H,8H2,(H2,16,18). The van der Waals surface area contributed by atoms with Gasteiger partial charge in [-0.1, -0.05) is 12.1 Å². The first kappa shape index (κ1) is 11.6. The number of hydrazone groups is 1. The molecule has 5 heteroatoms. The van der Waals surface area contributed by atoms with Gasteiger partial charge in [-0.2, -0.15) is 5.10 Å². The van der Waals surface area contributed by atoms with Crippen LogP contribution >= 0.6 is 0 Å². The second-order valence-corrected chi connectivity index (χ2v) is 4.42. The summed E-state index contributed by atoms with van der Waals surface area (Å²) in [5, 5.41) is 6.16. The Morgan fingerprint density at radius 1 is 1.21 bits per heavy atom. The van der Waals surface area contributed by atoms with E-state index in [0.717, 1.165) is 11.3 Å². The zero-order valence-electron chi connectivity index (χ0n) is 10.2. The lowest BCUT2D eigenvalue weighted by molar-refractivity contribution is 0.624. The van der Waals surface area contributed by atoms with Crippen LogP contribution in [-0.4, -0.2) is 10.8 Å². The van der Waals surface area contributed by atoms with E-state index in [1.54, 1.807) is 24.5 Å². The summed E-state index contributed by atoms with van der Waals surface area (Å²) in [5.41, 5.74) is 7.69. The van der Waals surface area contributed by atoms with Crippen molar-refractivity contribution < 1.29 is 4.39 Å². The molecule has 0 saturated heterocycles. The molecule has 96 valence electrons. The van der Waals surface area contributed by atoms with Gasteiger partial charge in [0.2, 0.25) is 0 Å². The van der Waals surface area contributed by atoms with Crippen LogP contribution in [0.5, 0.6) is 0 Å². The van der Waals surface area contributed by atoms with Crippen molar-refractivity contribution in [3.05, 3.63) is 60.2 Å². The number of hydrogen-bond donors (Lipinski definition) is 1. The molecule has 1 aliphatic rings. The van der Waals surface area contributed by atoms with Gasteiger partial charge in [0, 0.05) is 12.6 Å². The monoisotopic (exact) mass is 256 g/mol. The average molecular weight is 256 g/mol. The van der Waals surface area contributed by atoms with Crippen molar-refractivity contribution in [2.24, 2.45) is 10.8 Å². The van der Waals surface area contributed by atoms with Gasteiger partial charge in [0.05, 0.1) is 17.9 Å². The highest BCUT2D eigenvalue weighted by atomic mass is 19.1. The topological polar surface area (TPSA) is 54.5 Å². The molecule has 1 unspecified atom stereocenters. The minimum absolute atomic E-state index is 0.00944. The zero-order chi connectivity index (χ0) is 13.2. The third-order valence-electron chi connectivity index (χ3n) is 3.10. The maximum Gasteiger partial charge on any atom is 0.123 e. The van der Waals surface area contributed by atoms with Crippen LogP contribution in [0.1, 0.15) is 18.0 Å². The average Bonchev–Trinajstić information content (AvgIpc) is 2.83. The highest BCUT2D eigenvalue weighted by Crippen LogP contribution is 2.33. The molecule has 1 aromatic heterocycles. The van der Waals surface area contributed by atoms with Crippen LogP contribution in [0, 0.1) is 5.82 Å². The van der Waals surface area contributed by atoms with Gasteiger partial charge in [0.25, 0.3) is 0 Å². The van der Waals surface area contributed by atoms with Gasteiger partial charge < -0.3 is 5.73 Å². The number of nitrogens with zero attached hydrogens (tertiary/aromatic N) is 3. The van der Waals surface area contributed by atoms with Gasteiger partial charge in [-0.25, -0.2) is 4.39 Å². The predicted molar refractivity (Wildman–Crippen MR) is 72.1 cm³/mol. The number of anilines is 1. The van der Waals surface area contributed by atoms with Crippen LogP contribution in [0.15, 0.2) is 53.9 Å². The lowest BCUT2D eigenvalue weighted by Gasteiger charge is -2.23. The Kier molecular flexibility index (Phi) is 2.87. The lowest BCUT2D eigenvalue weighted by Crippen LogP contribution is -2.18. The Bertz CT molecular complexity index is 595. The quantitative estimate of drug-likeness (QED) is 0.897. The number of pyridine rings is 1. The van der Waals surface area contributed by atoms with E-state index >= 15 is 0 Å². The molecule has 0 saturated carbocycles. The first-order valence-corrected chi connectivity index (χ1v) is 6.02. The largest absolute Gasteiger partial charge is 0.386 e. The van der Waals surface area contributed by atoms with Gasteiger partial charge in [0.1, 0.15) is 11.7 Å². The van der Waals surface area contributed by atoms with Crippen molar-refractivity contribution in [1.82, 2.24) is 4.98 Å². The SMILES string of the molecule is NC1=NN(c2cccnc2)C(c2ccc(F)cc2)C1. The predicted octanol–water partition coefficient (Wildman–Crippen LogP) is 2.44.